The summed E-state index contributed by atoms with van der Waals surface area (Å²) >= 11 is 0. The van der Waals surface area contributed by atoms with Crippen molar-refractivity contribution >= 4 is 19.8 Å². The molecule has 65 heavy (non-hydrogen) atoms. The standard InChI is InChI=1S/C51H81O13P/c1-3-5-7-9-11-13-15-17-19-21-22-24-25-27-29-31-33-35-37-39-44(52)61-41-43(42-62-65(59,60)64-51-49(57)47(55)46(54)48(56)50(51)58)63-45(53)40-38-36-34-32-30-28-26-23-20-18-16-14-12-10-8-6-4-2/h5,7,11-14,17-20,22,24,26-29,32,34,43,46-51,54-58H,3-4,6,8-10,15-16,21,23,25,30-31,33,35-42H2,1-2H3,(H,59,60)/b7-5+,13-11+,14-12+,19-17+,20-18+,24-22+,28-26+,29-27+,34-32+/t43-,46?,47-,48?,49?,50?,51?/m0/s1. The smallest absolute Gasteiger partial charge is 0.462 e. The van der Waals surface area contributed by atoms with E-state index in [1.54, 1.807) is 0 Å². The lowest BCUT2D eigenvalue weighted by Crippen LogP contribution is -2.64. The van der Waals surface area contributed by atoms with Gasteiger partial charge >= 0.3 is 19.8 Å². The number of hydrogen-bond acceptors (Lipinski definition) is 12. The molecule has 0 spiro atoms. The Bertz CT molecular complexity index is 1550. The first-order valence-corrected chi connectivity index (χ1v) is 25.2. The van der Waals surface area contributed by atoms with Gasteiger partial charge < -0.3 is 39.9 Å². The fraction of sp³-hybridized carbons (Fsp3) is 0.608. The molecule has 0 radical (unpaired) electrons. The van der Waals surface area contributed by atoms with Gasteiger partial charge in [0.1, 0.15) is 43.2 Å². The third kappa shape index (κ3) is 32.0. The van der Waals surface area contributed by atoms with Crippen LogP contribution in [0.5, 0.6) is 0 Å². The predicted octanol–water partition coefficient (Wildman–Crippen LogP) is 9.61. The molecular formula is C51H81O13P. The highest BCUT2D eigenvalue weighted by Gasteiger charge is 2.51. The summed E-state index contributed by atoms with van der Waals surface area (Å²) in [4.78, 5) is 35.7. The van der Waals surface area contributed by atoms with Crippen LogP contribution in [-0.2, 0) is 32.7 Å². The number of phosphoric acid groups is 1. The van der Waals surface area contributed by atoms with E-state index in [1.165, 1.54) is 19.3 Å². The van der Waals surface area contributed by atoms with Crippen LogP contribution in [-0.4, -0.2) is 98.3 Å². The number of phosphoric ester groups is 1. The van der Waals surface area contributed by atoms with E-state index in [-0.39, 0.29) is 12.8 Å². The van der Waals surface area contributed by atoms with Crippen LogP contribution in [0.4, 0.5) is 0 Å². The van der Waals surface area contributed by atoms with Crippen LogP contribution in [0, 0.1) is 0 Å². The first-order chi connectivity index (χ1) is 31.4. The third-order valence-corrected chi connectivity index (χ3v) is 11.1. The van der Waals surface area contributed by atoms with Crippen molar-refractivity contribution < 1.29 is 63.1 Å². The maximum atomic E-state index is 12.8. The summed E-state index contributed by atoms with van der Waals surface area (Å²) in [5.41, 5.74) is 0. The van der Waals surface area contributed by atoms with E-state index in [0.29, 0.717) is 19.3 Å². The molecule has 6 N–H and O–H groups in total. The number of unbranched alkanes of at least 4 members (excludes halogenated alkanes) is 7. The van der Waals surface area contributed by atoms with Crippen molar-refractivity contribution in [2.75, 3.05) is 13.2 Å². The second-order valence-corrected chi connectivity index (χ2v) is 17.3. The van der Waals surface area contributed by atoms with Crippen LogP contribution in [0.3, 0.4) is 0 Å². The monoisotopic (exact) mass is 933 g/mol. The van der Waals surface area contributed by atoms with Gasteiger partial charge in [-0.1, -0.05) is 142 Å². The number of aliphatic hydroxyl groups excluding tert-OH is 5. The van der Waals surface area contributed by atoms with Crippen LogP contribution >= 0.6 is 7.82 Å². The first-order valence-electron chi connectivity index (χ1n) is 23.7. The topological polar surface area (TPSA) is 210 Å². The van der Waals surface area contributed by atoms with Crippen molar-refractivity contribution in [1.82, 2.24) is 0 Å². The van der Waals surface area contributed by atoms with Gasteiger partial charge in [0.25, 0.3) is 0 Å². The van der Waals surface area contributed by atoms with Gasteiger partial charge in [-0.25, -0.2) is 4.57 Å². The van der Waals surface area contributed by atoms with Gasteiger partial charge in [0.05, 0.1) is 6.61 Å². The second-order valence-electron chi connectivity index (χ2n) is 15.9. The highest BCUT2D eigenvalue weighted by atomic mass is 31.2. The zero-order chi connectivity index (χ0) is 47.8. The molecule has 0 heterocycles. The Hall–Kier alpha value is -3.49. The highest BCUT2D eigenvalue weighted by molar-refractivity contribution is 7.47. The zero-order valence-electron chi connectivity index (χ0n) is 39.0. The van der Waals surface area contributed by atoms with E-state index in [2.05, 4.69) is 111 Å². The molecule has 0 amide bonds. The average Bonchev–Trinajstić information content (AvgIpc) is 3.29. The Kier molecular flexibility index (Phi) is 36.3. The molecule has 0 aromatic rings. The minimum absolute atomic E-state index is 0.00616. The maximum absolute atomic E-state index is 12.8. The fourth-order valence-electron chi connectivity index (χ4n) is 6.30. The first kappa shape index (κ1) is 59.5. The minimum atomic E-state index is -5.15. The van der Waals surface area contributed by atoms with Crippen LogP contribution in [0.2, 0.25) is 0 Å². The van der Waals surface area contributed by atoms with Gasteiger partial charge in [0.2, 0.25) is 0 Å². The second kappa shape index (κ2) is 39.7. The van der Waals surface area contributed by atoms with Gasteiger partial charge in [0.15, 0.2) is 6.10 Å². The number of rotatable bonds is 37. The Morgan fingerprint density at radius 1 is 0.492 bits per heavy atom. The van der Waals surface area contributed by atoms with Gasteiger partial charge in [-0.05, 0) is 96.3 Å². The van der Waals surface area contributed by atoms with E-state index < -0.39 is 75.7 Å². The van der Waals surface area contributed by atoms with Crippen molar-refractivity contribution in [3.05, 3.63) is 109 Å². The van der Waals surface area contributed by atoms with E-state index in [1.807, 2.05) is 12.2 Å². The average molecular weight is 933 g/mol. The Balaban J connectivity index is 2.53. The number of aliphatic hydroxyl groups is 5. The Labute approximate surface area is 389 Å². The van der Waals surface area contributed by atoms with Gasteiger partial charge in [-0.3, -0.25) is 18.6 Å². The predicted molar refractivity (Wildman–Crippen MR) is 257 cm³/mol. The van der Waals surface area contributed by atoms with Crippen molar-refractivity contribution in [1.29, 1.82) is 0 Å². The quantitative estimate of drug-likeness (QED) is 0.0149. The Morgan fingerprint density at radius 2 is 0.892 bits per heavy atom. The molecule has 1 rings (SSSR count). The summed E-state index contributed by atoms with van der Waals surface area (Å²) in [5, 5.41) is 50.2. The molecule has 8 atom stereocenters. The van der Waals surface area contributed by atoms with Crippen molar-refractivity contribution in [3.63, 3.8) is 0 Å². The SMILES string of the molecule is CC/C=C/C/C=C/C/C=C/C/C=C/C/C=C/CCCCCC(=O)OC[C@@H](COP(=O)(O)OC1C(O)C(O)C(O)[C@H](O)C1O)OC(=O)CCC/C=C/C/C=C/C/C=C/C/C=C/CCCCC. The molecule has 1 aliphatic rings. The highest BCUT2D eigenvalue weighted by Crippen LogP contribution is 2.47. The molecule has 14 heteroatoms. The normalized spacial score (nSPS) is 22.4. The summed E-state index contributed by atoms with van der Waals surface area (Å²) in [7, 11) is -5.15. The molecule has 0 saturated heterocycles. The zero-order valence-corrected chi connectivity index (χ0v) is 39.9. The lowest BCUT2D eigenvalue weighted by atomic mass is 9.85. The number of carbonyl (C=O) groups is 2. The maximum Gasteiger partial charge on any atom is 0.472 e. The summed E-state index contributed by atoms with van der Waals surface area (Å²) in [6.45, 7) is 3.07. The van der Waals surface area contributed by atoms with Crippen molar-refractivity contribution in [2.45, 2.75) is 185 Å². The number of carbonyl (C=O) groups excluding carboxylic acids is 2. The molecule has 1 saturated carbocycles. The largest absolute Gasteiger partial charge is 0.472 e. The fourth-order valence-corrected chi connectivity index (χ4v) is 7.28. The van der Waals surface area contributed by atoms with Crippen molar-refractivity contribution in [3.8, 4) is 0 Å². The lowest BCUT2D eigenvalue weighted by Gasteiger charge is -2.41. The summed E-state index contributed by atoms with van der Waals surface area (Å²) in [6.07, 6.45) is 41.4. The molecule has 0 aromatic heterocycles. The molecule has 0 bridgehead atoms. The van der Waals surface area contributed by atoms with Crippen LogP contribution in [0.15, 0.2) is 109 Å². The van der Waals surface area contributed by atoms with Gasteiger partial charge in [-0.15, -0.1) is 0 Å². The van der Waals surface area contributed by atoms with E-state index in [0.717, 1.165) is 77.0 Å². The molecule has 1 aliphatic carbocycles. The summed E-state index contributed by atoms with van der Waals surface area (Å²) < 4.78 is 33.5. The van der Waals surface area contributed by atoms with Crippen molar-refractivity contribution in [2.24, 2.45) is 0 Å². The molecule has 13 nitrogen and oxygen atoms in total. The van der Waals surface area contributed by atoms with E-state index >= 15 is 0 Å². The van der Waals surface area contributed by atoms with Crippen LogP contribution in [0.1, 0.15) is 142 Å². The Morgan fingerprint density at radius 3 is 1.35 bits per heavy atom. The number of hydrogen-bond donors (Lipinski definition) is 6. The third-order valence-electron chi connectivity index (χ3n) is 10.1. The molecule has 6 unspecified atom stereocenters. The van der Waals surface area contributed by atoms with Gasteiger partial charge in [0, 0.05) is 12.8 Å². The number of esters is 2. The minimum Gasteiger partial charge on any atom is -0.462 e. The molecule has 368 valence electrons. The van der Waals surface area contributed by atoms with Gasteiger partial charge in [-0.2, -0.15) is 0 Å². The number of allylic oxidation sites excluding steroid dienone is 18. The molecule has 1 fully saturated rings. The van der Waals surface area contributed by atoms with E-state index in [9.17, 15) is 44.6 Å². The van der Waals surface area contributed by atoms with Crippen LogP contribution < -0.4 is 0 Å². The molecule has 0 aromatic carbocycles. The van der Waals surface area contributed by atoms with Crippen LogP contribution in [0.25, 0.3) is 0 Å². The summed E-state index contributed by atoms with van der Waals surface area (Å²) in [5.74, 6) is -1.22. The summed E-state index contributed by atoms with van der Waals surface area (Å²) in [6, 6.07) is 0. The molecule has 0 aliphatic heterocycles. The molecular weight excluding hydrogens is 852 g/mol. The van der Waals surface area contributed by atoms with E-state index in [4.69, 9.17) is 18.5 Å². The number of ether oxygens (including phenoxy) is 2. The lowest BCUT2D eigenvalue weighted by molar-refractivity contribution is -0.220.